The first kappa shape index (κ1) is 14.0. The van der Waals surface area contributed by atoms with E-state index in [1.807, 2.05) is 0 Å². The molecule has 0 fully saturated rings. The molecule has 18 heavy (non-hydrogen) atoms. The number of aliphatic hydroxyl groups is 1. The van der Waals surface area contributed by atoms with Gasteiger partial charge in [-0.2, -0.15) is 0 Å². The Hall–Kier alpha value is -0.420. The van der Waals surface area contributed by atoms with Gasteiger partial charge in [-0.1, -0.05) is 28.1 Å². The normalized spacial score (nSPS) is 19.8. The highest BCUT2D eigenvalue weighted by atomic mass is 79.9. The molecule has 1 aromatic carbocycles. The topological polar surface area (TPSA) is 41.5 Å². The van der Waals surface area contributed by atoms with Crippen molar-refractivity contribution in [2.24, 2.45) is 0 Å². The van der Waals surface area contributed by atoms with E-state index in [1.54, 1.807) is 7.11 Å². The van der Waals surface area contributed by atoms with Crippen LogP contribution in [0.5, 0.6) is 0 Å². The van der Waals surface area contributed by atoms with E-state index in [9.17, 15) is 5.11 Å². The average Bonchev–Trinajstić information content (AvgIpc) is 2.79. The van der Waals surface area contributed by atoms with Crippen molar-refractivity contribution in [1.82, 2.24) is 5.32 Å². The van der Waals surface area contributed by atoms with Gasteiger partial charge in [-0.25, -0.2) is 0 Å². The molecular formula is C14H20BrNO2. The maximum absolute atomic E-state index is 9.39. The zero-order valence-electron chi connectivity index (χ0n) is 10.7. The molecule has 0 aliphatic heterocycles. The molecule has 0 saturated carbocycles. The van der Waals surface area contributed by atoms with Gasteiger partial charge in [0.25, 0.3) is 0 Å². The molecule has 1 aliphatic carbocycles. The Morgan fingerprint density at radius 2 is 2.39 bits per heavy atom. The lowest BCUT2D eigenvalue weighted by atomic mass is 10.1. The zero-order valence-corrected chi connectivity index (χ0v) is 12.2. The first-order valence-electron chi connectivity index (χ1n) is 6.39. The lowest BCUT2D eigenvalue weighted by molar-refractivity contribution is 0.154. The number of halogens is 1. The van der Waals surface area contributed by atoms with E-state index in [-0.39, 0.29) is 12.6 Å². The standard InChI is InChI=1S/C14H20BrNO2/c1-18-8-7-10(9-17)16-14-6-5-11-12(14)3-2-4-13(11)15/h2-4,10,14,16-17H,5-9H2,1H3. The number of hydrogen-bond acceptors (Lipinski definition) is 3. The minimum absolute atomic E-state index is 0.111. The summed E-state index contributed by atoms with van der Waals surface area (Å²) in [4.78, 5) is 0. The summed E-state index contributed by atoms with van der Waals surface area (Å²) in [7, 11) is 1.69. The van der Waals surface area contributed by atoms with Crippen LogP contribution in [0.25, 0.3) is 0 Å². The fraction of sp³-hybridized carbons (Fsp3) is 0.571. The van der Waals surface area contributed by atoms with E-state index in [0.29, 0.717) is 12.6 Å². The second kappa shape index (κ2) is 6.66. The van der Waals surface area contributed by atoms with Gasteiger partial charge in [-0.15, -0.1) is 0 Å². The van der Waals surface area contributed by atoms with E-state index in [0.717, 1.165) is 19.3 Å². The van der Waals surface area contributed by atoms with E-state index in [1.165, 1.54) is 15.6 Å². The summed E-state index contributed by atoms with van der Waals surface area (Å²) in [6, 6.07) is 6.81. The Bertz CT molecular complexity index is 397. The first-order chi connectivity index (χ1) is 8.76. The molecule has 0 heterocycles. The molecule has 0 bridgehead atoms. The number of benzene rings is 1. The second-order valence-corrected chi connectivity index (χ2v) is 5.58. The predicted molar refractivity (Wildman–Crippen MR) is 75.7 cm³/mol. The molecule has 2 rings (SSSR count). The third-order valence-corrected chi connectivity index (χ3v) is 4.28. The quantitative estimate of drug-likeness (QED) is 0.847. The average molecular weight is 314 g/mol. The van der Waals surface area contributed by atoms with Crippen LogP contribution in [-0.2, 0) is 11.2 Å². The van der Waals surface area contributed by atoms with Gasteiger partial charge >= 0.3 is 0 Å². The smallest absolute Gasteiger partial charge is 0.0585 e. The second-order valence-electron chi connectivity index (χ2n) is 4.73. The predicted octanol–water partition coefficient (Wildman–Crippen LogP) is 2.42. The highest BCUT2D eigenvalue weighted by molar-refractivity contribution is 9.10. The number of nitrogens with one attached hydrogen (secondary N) is 1. The minimum Gasteiger partial charge on any atom is -0.395 e. The van der Waals surface area contributed by atoms with Crippen LogP contribution in [0.3, 0.4) is 0 Å². The van der Waals surface area contributed by atoms with Crippen LogP contribution in [0.15, 0.2) is 22.7 Å². The number of methoxy groups -OCH3 is 1. The molecule has 100 valence electrons. The molecule has 1 aromatic rings. The van der Waals surface area contributed by atoms with Crippen molar-refractivity contribution in [2.75, 3.05) is 20.3 Å². The fourth-order valence-corrected chi connectivity index (χ4v) is 3.13. The summed E-state index contributed by atoms with van der Waals surface area (Å²) in [6.07, 6.45) is 3.03. The Labute approximate surface area is 117 Å². The molecule has 2 N–H and O–H groups in total. The molecule has 0 spiro atoms. The van der Waals surface area contributed by atoms with Crippen LogP contribution >= 0.6 is 15.9 Å². The van der Waals surface area contributed by atoms with E-state index < -0.39 is 0 Å². The minimum atomic E-state index is 0.111. The number of rotatable bonds is 6. The van der Waals surface area contributed by atoms with Crippen molar-refractivity contribution in [3.8, 4) is 0 Å². The third kappa shape index (κ3) is 3.12. The molecule has 2 atom stereocenters. The van der Waals surface area contributed by atoms with Gasteiger partial charge in [0.15, 0.2) is 0 Å². The number of aliphatic hydroxyl groups excluding tert-OH is 1. The van der Waals surface area contributed by atoms with Gasteiger partial charge in [0.1, 0.15) is 0 Å². The number of fused-ring (bicyclic) bond motifs is 1. The van der Waals surface area contributed by atoms with Crippen LogP contribution in [0, 0.1) is 0 Å². The summed E-state index contributed by atoms with van der Waals surface area (Å²) in [5, 5.41) is 12.9. The molecule has 1 aliphatic rings. The summed E-state index contributed by atoms with van der Waals surface area (Å²) in [6.45, 7) is 0.833. The maximum Gasteiger partial charge on any atom is 0.0585 e. The van der Waals surface area contributed by atoms with Crippen LogP contribution in [-0.4, -0.2) is 31.5 Å². The van der Waals surface area contributed by atoms with Crippen molar-refractivity contribution in [1.29, 1.82) is 0 Å². The van der Waals surface area contributed by atoms with E-state index >= 15 is 0 Å². The van der Waals surface area contributed by atoms with Gasteiger partial charge in [0.05, 0.1) is 6.61 Å². The number of ether oxygens (including phenoxy) is 1. The largest absolute Gasteiger partial charge is 0.395 e. The lowest BCUT2D eigenvalue weighted by Crippen LogP contribution is -2.35. The van der Waals surface area contributed by atoms with Crippen molar-refractivity contribution in [3.63, 3.8) is 0 Å². The summed E-state index contributed by atoms with van der Waals surface area (Å²) < 4.78 is 6.26. The lowest BCUT2D eigenvalue weighted by Gasteiger charge is -2.22. The molecule has 0 aromatic heterocycles. The van der Waals surface area contributed by atoms with Crippen LogP contribution in [0.4, 0.5) is 0 Å². The molecule has 0 radical (unpaired) electrons. The Morgan fingerprint density at radius 3 is 3.11 bits per heavy atom. The first-order valence-corrected chi connectivity index (χ1v) is 7.18. The SMILES string of the molecule is COCCC(CO)NC1CCc2c(Br)cccc21. The van der Waals surface area contributed by atoms with Crippen LogP contribution in [0.2, 0.25) is 0 Å². The van der Waals surface area contributed by atoms with E-state index in [2.05, 4.69) is 39.4 Å². The highest BCUT2D eigenvalue weighted by Crippen LogP contribution is 2.35. The summed E-state index contributed by atoms with van der Waals surface area (Å²) in [5.41, 5.74) is 2.76. The van der Waals surface area contributed by atoms with Crippen molar-refractivity contribution in [3.05, 3.63) is 33.8 Å². The van der Waals surface area contributed by atoms with Crippen LogP contribution < -0.4 is 5.32 Å². The van der Waals surface area contributed by atoms with Gasteiger partial charge in [0, 0.05) is 30.3 Å². The summed E-state index contributed by atoms with van der Waals surface area (Å²) >= 11 is 3.60. The number of hydrogen-bond donors (Lipinski definition) is 2. The molecule has 3 nitrogen and oxygen atoms in total. The highest BCUT2D eigenvalue weighted by Gasteiger charge is 2.25. The molecule has 2 unspecified atom stereocenters. The monoisotopic (exact) mass is 313 g/mol. The van der Waals surface area contributed by atoms with Crippen molar-refractivity contribution in [2.45, 2.75) is 31.3 Å². The molecule has 0 saturated heterocycles. The Kier molecular flexibility index (Phi) is 5.18. The third-order valence-electron chi connectivity index (χ3n) is 3.54. The zero-order chi connectivity index (χ0) is 13.0. The fourth-order valence-electron chi connectivity index (χ4n) is 2.55. The van der Waals surface area contributed by atoms with Gasteiger partial charge in [0.2, 0.25) is 0 Å². The van der Waals surface area contributed by atoms with Crippen molar-refractivity contribution >= 4 is 15.9 Å². The molecule has 4 heteroatoms. The van der Waals surface area contributed by atoms with Gasteiger partial charge < -0.3 is 15.2 Å². The van der Waals surface area contributed by atoms with Gasteiger partial charge in [-0.05, 0) is 36.5 Å². The van der Waals surface area contributed by atoms with Crippen LogP contribution in [0.1, 0.15) is 30.0 Å². The maximum atomic E-state index is 9.39. The Morgan fingerprint density at radius 1 is 1.56 bits per heavy atom. The molecule has 0 amide bonds. The van der Waals surface area contributed by atoms with Crippen molar-refractivity contribution < 1.29 is 9.84 Å². The summed E-state index contributed by atoms with van der Waals surface area (Å²) in [5.74, 6) is 0. The Balaban J connectivity index is 2.02. The molecular weight excluding hydrogens is 294 g/mol. The van der Waals surface area contributed by atoms with Gasteiger partial charge in [-0.3, -0.25) is 0 Å². The van der Waals surface area contributed by atoms with E-state index in [4.69, 9.17) is 4.74 Å².